The number of rotatable bonds is 3. The molecule has 2 rings (SSSR count). The average Bonchev–Trinajstić information content (AvgIpc) is 2.75. The molecule has 1 aliphatic rings. The number of nitrogens with zero attached hydrogens (tertiary/aromatic N) is 4. The number of hydrogen-bond donors (Lipinski definition) is 0. The zero-order valence-electron chi connectivity index (χ0n) is 8.88. The van der Waals surface area contributed by atoms with Crippen molar-refractivity contribution in [2.75, 3.05) is 18.0 Å². The molecule has 1 atom stereocenters. The molecule has 84 valence electrons. The first-order chi connectivity index (χ1) is 7.83. The van der Waals surface area contributed by atoms with Crippen molar-refractivity contribution in [1.29, 1.82) is 0 Å². The van der Waals surface area contributed by atoms with E-state index >= 15 is 0 Å². The van der Waals surface area contributed by atoms with E-state index in [1.165, 1.54) is 0 Å². The molecular weight excluding hydrogens is 224 g/mol. The topological polar surface area (TPSA) is 52.0 Å². The van der Waals surface area contributed by atoms with Crippen molar-refractivity contribution in [2.45, 2.75) is 18.9 Å². The van der Waals surface area contributed by atoms with Gasteiger partial charge in [-0.3, -0.25) is 0 Å². The van der Waals surface area contributed by atoms with Crippen molar-refractivity contribution < 1.29 is 0 Å². The van der Waals surface area contributed by atoms with Crippen molar-refractivity contribution in [3.05, 3.63) is 39.7 Å². The van der Waals surface area contributed by atoms with Crippen molar-refractivity contribution in [2.24, 2.45) is 5.11 Å². The molecule has 5 heteroatoms. The second kappa shape index (κ2) is 5.10. The Morgan fingerprint density at radius 2 is 2.31 bits per heavy atom. The molecule has 1 fully saturated rings. The molecule has 16 heavy (non-hydrogen) atoms. The first-order valence-corrected chi connectivity index (χ1v) is 5.73. The minimum absolute atomic E-state index is 0.288. The summed E-state index contributed by atoms with van der Waals surface area (Å²) in [5, 5.41) is 4.41. The second-order valence-corrected chi connectivity index (χ2v) is 4.26. The standard InChI is InChI=1S/C11H13ClN4/c12-10-5-1-2-6-11(10)16-7-3-4-9(16)8-14-15-13/h1-2,5-6,9H,3-4,7-8H2/t9-/m0/s1. The van der Waals surface area contributed by atoms with Crippen LogP contribution in [-0.2, 0) is 0 Å². The molecule has 0 aliphatic carbocycles. The van der Waals surface area contributed by atoms with Gasteiger partial charge in [-0.2, -0.15) is 0 Å². The molecule has 1 aromatic rings. The van der Waals surface area contributed by atoms with Gasteiger partial charge in [0.1, 0.15) is 0 Å². The van der Waals surface area contributed by atoms with Crippen LogP contribution in [0.2, 0.25) is 5.02 Å². The van der Waals surface area contributed by atoms with Gasteiger partial charge >= 0.3 is 0 Å². The van der Waals surface area contributed by atoms with Gasteiger partial charge in [0.15, 0.2) is 0 Å². The smallest absolute Gasteiger partial charge is 0.0639 e. The molecule has 1 saturated heterocycles. The molecule has 0 saturated carbocycles. The lowest BCUT2D eigenvalue weighted by Gasteiger charge is -2.26. The number of hydrogen-bond acceptors (Lipinski definition) is 2. The highest BCUT2D eigenvalue weighted by atomic mass is 35.5. The zero-order valence-corrected chi connectivity index (χ0v) is 9.64. The van der Waals surface area contributed by atoms with Gasteiger partial charge < -0.3 is 4.90 Å². The number of para-hydroxylation sites is 1. The van der Waals surface area contributed by atoms with Crippen LogP contribution in [0.4, 0.5) is 5.69 Å². The van der Waals surface area contributed by atoms with E-state index in [2.05, 4.69) is 14.9 Å². The molecule has 0 amide bonds. The van der Waals surface area contributed by atoms with Crippen LogP contribution < -0.4 is 4.90 Å². The second-order valence-electron chi connectivity index (χ2n) is 3.85. The lowest BCUT2D eigenvalue weighted by molar-refractivity contribution is 0.675. The van der Waals surface area contributed by atoms with Crippen LogP contribution in [0.3, 0.4) is 0 Å². The van der Waals surface area contributed by atoms with Gasteiger partial charge in [0.2, 0.25) is 0 Å². The van der Waals surface area contributed by atoms with E-state index in [9.17, 15) is 0 Å². The first kappa shape index (κ1) is 11.1. The van der Waals surface area contributed by atoms with Gasteiger partial charge in [-0.25, -0.2) is 0 Å². The maximum absolute atomic E-state index is 8.35. The molecule has 0 aromatic heterocycles. The number of anilines is 1. The normalized spacial score (nSPS) is 19.6. The molecular formula is C11H13ClN4. The first-order valence-electron chi connectivity index (χ1n) is 5.35. The van der Waals surface area contributed by atoms with E-state index < -0.39 is 0 Å². The fourth-order valence-electron chi connectivity index (χ4n) is 2.16. The third-order valence-electron chi connectivity index (χ3n) is 2.89. The fourth-order valence-corrected chi connectivity index (χ4v) is 2.40. The minimum atomic E-state index is 0.288. The highest BCUT2D eigenvalue weighted by Crippen LogP contribution is 2.31. The van der Waals surface area contributed by atoms with E-state index in [-0.39, 0.29) is 6.04 Å². The maximum atomic E-state index is 8.35. The molecule has 0 unspecified atom stereocenters. The predicted molar refractivity (Wildman–Crippen MR) is 65.8 cm³/mol. The summed E-state index contributed by atoms with van der Waals surface area (Å²) in [5.74, 6) is 0. The lowest BCUT2D eigenvalue weighted by atomic mass is 10.2. The molecule has 1 aliphatic heterocycles. The number of azide groups is 1. The maximum Gasteiger partial charge on any atom is 0.0639 e. The van der Waals surface area contributed by atoms with Gasteiger partial charge in [-0.15, -0.1) is 0 Å². The molecule has 0 spiro atoms. The lowest BCUT2D eigenvalue weighted by Crippen LogP contribution is -2.31. The van der Waals surface area contributed by atoms with Crippen LogP contribution in [-0.4, -0.2) is 19.1 Å². The third-order valence-corrected chi connectivity index (χ3v) is 3.21. The van der Waals surface area contributed by atoms with Crippen LogP contribution in [0.1, 0.15) is 12.8 Å². The molecule has 1 heterocycles. The Kier molecular flexibility index (Phi) is 3.54. The summed E-state index contributed by atoms with van der Waals surface area (Å²) in [5.41, 5.74) is 9.39. The summed E-state index contributed by atoms with van der Waals surface area (Å²) in [6.45, 7) is 1.50. The largest absolute Gasteiger partial charge is 0.367 e. The van der Waals surface area contributed by atoms with Crippen LogP contribution in [0.15, 0.2) is 29.4 Å². The Labute approximate surface area is 99.4 Å². The van der Waals surface area contributed by atoms with Gasteiger partial charge in [0.05, 0.1) is 10.7 Å². The number of halogens is 1. The van der Waals surface area contributed by atoms with Gasteiger partial charge in [-0.05, 0) is 30.5 Å². The number of benzene rings is 1. The SMILES string of the molecule is [N-]=[N+]=NC[C@@H]1CCCN1c1ccccc1Cl. The van der Waals surface area contributed by atoms with Crippen LogP contribution in [0.25, 0.3) is 10.4 Å². The molecule has 0 radical (unpaired) electrons. The summed E-state index contributed by atoms with van der Waals surface area (Å²) >= 11 is 6.16. The Morgan fingerprint density at radius 3 is 3.06 bits per heavy atom. The molecule has 1 aromatic carbocycles. The Bertz CT molecular complexity index is 414. The van der Waals surface area contributed by atoms with Crippen molar-refractivity contribution in [3.8, 4) is 0 Å². The van der Waals surface area contributed by atoms with E-state index in [4.69, 9.17) is 17.1 Å². The van der Waals surface area contributed by atoms with Crippen LogP contribution >= 0.6 is 11.6 Å². The van der Waals surface area contributed by atoms with Crippen molar-refractivity contribution >= 4 is 17.3 Å². The van der Waals surface area contributed by atoms with Crippen LogP contribution in [0, 0.1) is 0 Å². The highest BCUT2D eigenvalue weighted by Gasteiger charge is 2.25. The Balaban J connectivity index is 2.19. The third kappa shape index (κ3) is 2.23. The summed E-state index contributed by atoms with van der Waals surface area (Å²) in [4.78, 5) is 5.05. The quantitative estimate of drug-likeness (QED) is 0.449. The van der Waals surface area contributed by atoms with Gasteiger partial charge in [-0.1, -0.05) is 28.8 Å². The van der Waals surface area contributed by atoms with E-state index in [1.54, 1.807) is 0 Å². The minimum Gasteiger partial charge on any atom is -0.367 e. The summed E-state index contributed by atoms with van der Waals surface area (Å²) in [6.07, 6.45) is 2.18. The van der Waals surface area contributed by atoms with Crippen molar-refractivity contribution in [1.82, 2.24) is 0 Å². The van der Waals surface area contributed by atoms with E-state index in [1.807, 2.05) is 24.3 Å². The monoisotopic (exact) mass is 236 g/mol. The van der Waals surface area contributed by atoms with Crippen LogP contribution in [0.5, 0.6) is 0 Å². The Morgan fingerprint density at radius 1 is 1.50 bits per heavy atom. The highest BCUT2D eigenvalue weighted by molar-refractivity contribution is 6.33. The summed E-state index contributed by atoms with van der Waals surface area (Å²) < 4.78 is 0. The molecule has 0 bridgehead atoms. The average molecular weight is 237 g/mol. The fraction of sp³-hybridized carbons (Fsp3) is 0.455. The summed E-state index contributed by atoms with van der Waals surface area (Å²) in [7, 11) is 0. The van der Waals surface area contributed by atoms with E-state index in [0.717, 1.165) is 30.1 Å². The predicted octanol–water partition coefficient (Wildman–Crippen LogP) is 3.62. The Hall–Kier alpha value is -1.38. The molecule has 0 N–H and O–H groups in total. The van der Waals surface area contributed by atoms with Crippen molar-refractivity contribution in [3.63, 3.8) is 0 Å². The summed E-state index contributed by atoms with van der Waals surface area (Å²) in [6, 6.07) is 8.08. The molecule has 4 nitrogen and oxygen atoms in total. The van der Waals surface area contributed by atoms with Gasteiger partial charge in [0.25, 0.3) is 0 Å². The van der Waals surface area contributed by atoms with E-state index in [0.29, 0.717) is 6.54 Å². The van der Waals surface area contributed by atoms with Gasteiger partial charge in [0, 0.05) is 24.0 Å². The zero-order chi connectivity index (χ0) is 11.4.